The number of benzene rings is 1. The van der Waals surface area contributed by atoms with Crippen LogP contribution >= 0.6 is 0 Å². The maximum absolute atomic E-state index is 12.6. The minimum Gasteiger partial charge on any atom is -0.356 e. The lowest BCUT2D eigenvalue weighted by Crippen LogP contribution is -2.37. The van der Waals surface area contributed by atoms with Gasteiger partial charge in [0.15, 0.2) is 0 Å². The summed E-state index contributed by atoms with van der Waals surface area (Å²) in [7, 11) is 1.97. The van der Waals surface area contributed by atoms with Crippen LogP contribution in [0.25, 0.3) is 11.0 Å². The van der Waals surface area contributed by atoms with E-state index in [4.69, 9.17) is 0 Å². The zero-order valence-electron chi connectivity index (χ0n) is 16.2. The average molecular weight is 382 g/mol. The summed E-state index contributed by atoms with van der Waals surface area (Å²) in [6.45, 7) is 0.652. The standard InChI is InChI=1S/C21H26N4O3/c1-24-16-7-3-2-6-15(16)23-17(24)8-12-22-18(26)9-13-25-19(27)14-21(20(25)28)10-4-5-11-21/h2-3,6-7H,4-5,8-14H2,1H3,(H,22,26). The molecule has 28 heavy (non-hydrogen) atoms. The van der Waals surface area contributed by atoms with Gasteiger partial charge in [0.05, 0.1) is 16.4 Å². The zero-order valence-corrected chi connectivity index (χ0v) is 16.2. The van der Waals surface area contributed by atoms with Crippen molar-refractivity contribution in [3.63, 3.8) is 0 Å². The van der Waals surface area contributed by atoms with Gasteiger partial charge in [0.25, 0.3) is 0 Å². The lowest BCUT2D eigenvalue weighted by Gasteiger charge is -2.20. The van der Waals surface area contributed by atoms with Crippen molar-refractivity contribution in [1.29, 1.82) is 0 Å². The Labute approximate surface area is 164 Å². The van der Waals surface area contributed by atoms with Crippen LogP contribution in [0.3, 0.4) is 0 Å². The fourth-order valence-corrected chi connectivity index (χ4v) is 4.56. The summed E-state index contributed by atoms with van der Waals surface area (Å²) in [4.78, 5) is 43.0. The van der Waals surface area contributed by atoms with Crippen LogP contribution in [-0.2, 0) is 27.9 Å². The molecule has 1 saturated carbocycles. The Bertz CT molecular complexity index is 927. The summed E-state index contributed by atoms with van der Waals surface area (Å²) >= 11 is 0. The van der Waals surface area contributed by atoms with Crippen molar-refractivity contribution in [3.8, 4) is 0 Å². The van der Waals surface area contributed by atoms with Crippen LogP contribution in [0.15, 0.2) is 24.3 Å². The second kappa shape index (κ2) is 7.37. The first-order valence-corrected chi connectivity index (χ1v) is 10.0. The third-order valence-corrected chi connectivity index (χ3v) is 6.16. The van der Waals surface area contributed by atoms with Crippen LogP contribution < -0.4 is 5.32 Å². The largest absolute Gasteiger partial charge is 0.356 e. The van der Waals surface area contributed by atoms with Crippen LogP contribution in [0.5, 0.6) is 0 Å². The Hall–Kier alpha value is -2.70. The monoisotopic (exact) mass is 382 g/mol. The highest BCUT2D eigenvalue weighted by Crippen LogP contribution is 2.46. The number of fused-ring (bicyclic) bond motifs is 1. The summed E-state index contributed by atoms with van der Waals surface area (Å²) in [5.41, 5.74) is 1.54. The number of aromatic nitrogens is 2. The van der Waals surface area contributed by atoms with Gasteiger partial charge in [-0.25, -0.2) is 4.98 Å². The minimum absolute atomic E-state index is 0.0671. The molecule has 1 aromatic heterocycles. The van der Waals surface area contributed by atoms with Crippen LogP contribution in [-0.4, -0.2) is 45.3 Å². The van der Waals surface area contributed by atoms with E-state index >= 15 is 0 Å². The Morgan fingerprint density at radius 2 is 1.96 bits per heavy atom. The van der Waals surface area contributed by atoms with Gasteiger partial charge in [-0.1, -0.05) is 25.0 Å². The number of aryl methyl sites for hydroxylation is 1. The van der Waals surface area contributed by atoms with Crippen molar-refractivity contribution in [3.05, 3.63) is 30.1 Å². The number of carbonyl (C=O) groups is 3. The number of rotatable bonds is 6. The molecule has 148 valence electrons. The number of imidazole rings is 1. The molecule has 4 rings (SSSR count). The van der Waals surface area contributed by atoms with Gasteiger partial charge in [0.2, 0.25) is 17.7 Å². The lowest BCUT2D eigenvalue weighted by atomic mass is 9.84. The highest BCUT2D eigenvalue weighted by molar-refractivity contribution is 6.06. The van der Waals surface area contributed by atoms with Crippen molar-refractivity contribution in [2.24, 2.45) is 12.5 Å². The molecule has 1 saturated heterocycles. The van der Waals surface area contributed by atoms with Gasteiger partial charge >= 0.3 is 0 Å². The minimum atomic E-state index is -0.465. The number of nitrogens with one attached hydrogen (secondary N) is 1. The van der Waals surface area contributed by atoms with Gasteiger partial charge in [0.1, 0.15) is 5.82 Å². The van der Waals surface area contributed by atoms with Crippen LogP contribution in [0.4, 0.5) is 0 Å². The molecule has 1 N–H and O–H groups in total. The Morgan fingerprint density at radius 3 is 2.71 bits per heavy atom. The van der Waals surface area contributed by atoms with E-state index in [0.29, 0.717) is 19.4 Å². The fraction of sp³-hybridized carbons (Fsp3) is 0.524. The van der Waals surface area contributed by atoms with E-state index in [2.05, 4.69) is 10.3 Å². The molecule has 2 aromatic rings. The summed E-state index contributed by atoms with van der Waals surface area (Å²) in [6.07, 6.45) is 4.72. The molecule has 0 radical (unpaired) electrons. The van der Waals surface area contributed by atoms with Crippen molar-refractivity contribution in [2.45, 2.75) is 44.9 Å². The maximum atomic E-state index is 12.6. The molecule has 7 nitrogen and oxygen atoms in total. The van der Waals surface area contributed by atoms with Crippen molar-refractivity contribution in [2.75, 3.05) is 13.1 Å². The molecule has 0 unspecified atom stereocenters. The molecule has 3 amide bonds. The van der Waals surface area contributed by atoms with Gasteiger partial charge in [-0.3, -0.25) is 19.3 Å². The first-order chi connectivity index (χ1) is 13.5. The molecular formula is C21H26N4O3. The number of para-hydroxylation sites is 2. The summed E-state index contributed by atoms with van der Waals surface area (Å²) < 4.78 is 2.03. The lowest BCUT2D eigenvalue weighted by molar-refractivity contribution is -0.141. The van der Waals surface area contributed by atoms with E-state index in [9.17, 15) is 14.4 Å². The Kier molecular flexibility index (Phi) is 4.91. The molecule has 1 aliphatic carbocycles. The van der Waals surface area contributed by atoms with E-state index in [1.165, 1.54) is 4.90 Å². The van der Waals surface area contributed by atoms with Gasteiger partial charge in [-0.2, -0.15) is 0 Å². The molecule has 2 aliphatic rings. The second-order valence-corrected chi connectivity index (χ2v) is 7.94. The fourth-order valence-electron chi connectivity index (χ4n) is 4.56. The molecule has 7 heteroatoms. The summed E-state index contributed by atoms with van der Waals surface area (Å²) in [5.74, 6) is 0.572. The highest BCUT2D eigenvalue weighted by atomic mass is 16.2. The normalized spacial score (nSPS) is 18.5. The quantitative estimate of drug-likeness (QED) is 0.774. The van der Waals surface area contributed by atoms with E-state index in [-0.39, 0.29) is 30.7 Å². The van der Waals surface area contributed by atoms with Crippen LogP contribution in [0, 0.1) is 5.41 Å². The van der Waals surface area contributed by atoms with Crippen molar-refractivity contribution >= 4 is 28.8 Å². The first-order valence-electron chi connectivity index (χ1n) is 10.0. The van der Waals surface area contributed by atoms with Gasteiger partial charge < -0.3 is 9.88 Å². The van der Waals surface area contributed by atoms with Gasteiger partial charge in [-0.05, 0) is 25.0 Å². The Morgan fingerprint density at radius 1 is 1.21 bits per heavy atom. The third kappa shape index (κ3) is 3.30. The number of likely N-dealkylation sites (tertiary alicyclic amines) is 1. The molecule has 1 spiro atoms. The zero-order chi connectivity index (χ0) is 19.7. The molecule has 0 bridgehead atoms. The first kappa shape index (κ1) is 18.7. The highest BCUT2D eigenvalue weighted by Gasteiger charge is 2.52. The van der Waals surface area contributed by atoms with Gasteiger partial charge in [0, 0.05) is 39.4 Å². The predicted molar refractivity (Wildman–Crippen MR) is 104 cm³/mol. The SMILES string of the molecule is Cn1c(CCNC(=O)CCN2C(=O)CC3(CCCC3)C2=O)nc2ccccc21. The van der Waals surface area contributed by atoms with E-state index in [1.807, 2.05) is 35.9 Å². The topological polar surface area (TPSA) is 84.3 Å². The van der Waals surface area contributed by atoms with E-state index < -0.39 is 5.41 Å². The maximum Gasteiger partial charge on any atom is 0.235 e. The van der Waals surface area contributed by atoms with Crippen LogP contribution in [0.2, 0.25) is 0 Å². The molecule has 0 atom stereocenters. The molecule has 1 aliphatic heterocycles. The molecule has 2 fully saturated rings. The number of carbonyl (C=O) groups excluding carboxylic acids is 3. The number of amides is 3. The molecule has 2 heterocycles. The van der Waals surface area contributed by atoms with Crippen LogP contribution in [0.1, 0.15) is 44.3 Å². The second-order valence-electron chi connectivity index (χ2n) is 7.94. The van der Waals surface area contributed by atoms with Crippen molar-refractivity contribution < 1.29 is 14.4 Å². The summed E-state index contributed by atoms with van der Waals surface area (Å²) in [5, 5.41) is 2.88. The molecular weight excluding hydrogens is 356 g/mol. The summed E-state index contributed by atoms with van der Waals surface area (Å²) in [6, 6.07) is 7.92. The smallest absolute Gasteiger partial charge is 0.235 e. The number of imide groups is 1. The number of nitrogens with zero attached hydrogens (tertiary/aromatic N) is 3. The predicted octanol–water partition coefficient (Wildman–Crippen LogP) is 1.94. The average Bonchev–Trinajstić information content (AvgIpc) is 3.34. The third-order valence-electron chi connectivity index (χ3n) is 6.16. The Balaban J connectivity index is 1.26. The van der Waals surface area contributed by atoms with Crippen molar-refractivity contribution in [1.82, 2.24) is 19.8 Å². The van der Waals surface area contributed by atoms with Gasteiger partial charge in [-0.15, -0.1) is 0 Å². The van der Waals surface area contributed by atoms with E-state index in [1.54, 1.807) is 0 Å². The number of hydrogen-bond donors (Lipinski definition) is 1. The molecule has 1 aromatic carbocycles. The number of hydrogen-bond acceptors (Lipinski definition) is 4. The van der Waals surface area contributed by atoms with E-state index in [0.717, 1.165) is 42.5 Å².